The zero-order valence-corrected chi connectivity index (χ0v) is 16.7. The summed E-state index contributed by atoms with van der Waals surface area (Å²) in [7, 11) is 0. The van der Waals surface area contributed by atoms with Gasteiger partial charge in [-0.3, -0.25) is 19.7 Å². The van der Waals surface area contributed by atoms with E-state index in [1.165, 1.54) is 42.3 Å². The Labute approximate surface area is 175 Å². The first-order chi connectivity index (χ1) is 14.3. The molecule has 0 spiro atoms. The average molecular weight is 430 g/mol. The molecule has 1 amide bonds. The molecule has 0 bridgehead atoms. The Balaban J connectivity index is 0.000000357. The second-order valence-electron chi connectivity index (χ2n) is 6.57. The van der Waals surface area contributed by atoms with Gasteiger partial charge in [0.2, 0.25) is 12.1 Å². The van der Waals surface area contributed by atoms with E-state index in [0.29, 0.717) is 5.56 Å². The monoisotopic (exact) mass is 430 g/mol. The van der Waals surface area contributed by atoms with Crippen molar-refractivity contribution in [2.24, 2.45) is 0 Å². The van der Waals surface area contributed by atoms with E-state index in [-0.39, 0.29) is 24.0 Å². The molecule has 2 atom stereocenters. The number of nitro benzene ring substituents is 1. The predicted molar refractivity (Wildman–Crippen MR) is 108 cm³/mol. The molecule has 30 heavy (non-hydrogen) atoms. The van der Waals surface area contributed by atoms with Gasteiger partial charge in [-0.1, -0.05) is 36.0 Å². The molecular formula is C20H18N2O7S. The Morgan fingerprint density at radius 3 is 2.17 bits per heavy atom. The van der Waals surface area contributed by atoms with Crippen LogP contribution < -0.4 is 0 Å². The van der Waals surface area contributed by atoms with Crippen molar-refractivity contribution < 1.29 is 29.2 Å². The highest BCUT2D eigenvalue weighted by Crippen LogP contribution is 2.29. The van der Waals surface area contributed by atoms with E-state index >= 15 is 0 Å². The van der Waals surface area contributed by atoms with Crippen LogP contribution in [-0.2, 0) is 25.7 Å². The van der Waals surface area contributed by atoms with Gasteiger partial charge in [-0.15, -0.1) is 0 Å². The van der Waals surface area contributed by atoms with E-state index in [0.717, 1.165) is 16.7 Å². The highest BCUT2D eigenvalue weighted by Gasteiger charge is 2.44. The molecule has 156 valence electrons. The number of non-ortho nitro benzene ring substituents is 1. The van der Waals surface area contributed by atoms with Crippen molar-refractivity contribution in [2.45, 2.75) is 25.0 Å². The summed E-state index contributed by atoms with van der Waals surface area (Å²) < 4.78 is 4.89. The SMILES string of the molecule is CC(=O)SC1CN(C(O)C(=O)OCc2ccc([N+](=O)[O-])cc2)C1=O.c1cc2ccc1-2. The Morgan fingerprint density at radius 1 is 1.20 bits per heavy atom. The lowest BCUT2D eigenvalue weighted by molar-refractivity contribution is -0.384. The standard InChI is InChI=1S/C14H14N2O7S.C6H4/c1-8(17)24-11-6-15(12(11)18)13(19)14(20)23-7-9-2-4-10(5-3-9)16(21)22;1-2-6-4-3-5(1)6/h2-5,11,13,19H,6-7H2,1H3;1-4H. The van der Waals surface area contributed by atoms with Crippen LogP contribution in [0.15, 0.2) is 48.5 Å². The Morgan fingerprint density at radius 2 is 1.77 bits per heavy atom. The van der Waals surface area contributed by atoms with Gasteiger partial charge in [0.1, 0.15) is 11.9 Å². The van der Waals surface area contributed by atoms with E-state index in [9.17, 15) is 29.6 Å². The summed E-state index contributed by atoms with van der Waals surface area (Å²) >= 11 is 0.848. The number of likely N-dealkylation sites (tertiary alicyclic amines) is 1. The van der Waals surface area contributed by atoms with E-state index in [4.69, 9.17) is 4.74 Å². The number of hydrogen-bond donors (Lipinski definition) is 1. The smallest absolute Gasteiger partial charge is 0.356 e. The molecule has 2 aliphatic carbocycles. The van der Waals surface area contributed by atoms with Gasteiger partial charge in [0.15, 0.2) is 5.12 Å². The highest BCUT2D eigenvalue weighted by atomic mass is 32.2. The Hall–Kier alpha value is -3.24. The van der Waals surface area contributed by atoms with Crippen LogP contribution in [0.25, 0.3) is 11.1 Å². The third-order valence-electron chi connectivity index (χ3n) is 4.48. The minimum absolute atomic E-state index is 0.0802. The number of ether oxygens (including phenoxy) is 1. The van der Waals surface area contributed by atoms with Gasteiger partial charge in [0.05, 0.1) is 4.92 Å². The van der Waals surface area contributed by atoms with Crippen LogP contribution in [0.3, 0.4) is 0 Å². The number of hydrogen-bond acceptors (Lipinski definition) is 8. The Bertz CT molecular complexity index is 955. The fourth-order valence-corrected chi connectivity index (χ4v) is 3.53. The van der Waals surface area contributed by atoms with Crippen molar-refractivity contribution >= 4 is 34.4 Å². The molecule has 10 heteroatoms. The fraction of sp³-hybridized carbons (Fsp3) is 0.250. The molecule has 1 saturated heterocycles. The van der Waals surface area contributed by atoms with Crippen molar-refractivity contribution in [1.29, 1.82) is 0 Å². The number of nitro groups is 1. The lowest BCUT2D eigenvalue weighted by Crippen LogP contribution is -2.61. The van der Waals surface area contributed by atoms with Crippen LogP contribution in [0.4, 0.5) is 5.69 Å². The number of nitrogens with zero attached hydrogens (tertiary/aromatic N) is 2. The molecular weight excluding hydrogens is 412 g/mol. The number of thioether (sulfide) groups is 1. The number of β-lactam (4-membered cyclic amide) rings is 1. The average Bonchev–Trinajstić information content (AvgIpc) is 2.71. The van der Waals surface area contributed by atoms with Gasteiger partial charge in [0, 0.05) is 25.6 Å². The summed E-state index contributed by atoms with van der Waals surface area (Å²) in [5.41, 5.74) is 3.26. The zero-order chi connectivity index (χ0) is 21.8. The molecule has 1 aliphatic heterocycles. The zero-order valence-electron chi connectivity index (χ0n) is 15.9. The van der Waals surface area contributed by atoms with Crippen LogP contribution in [0, 0.1) is 10.1 Å². The van der Waals surface area contributed by atoms with Crippen LogP contribution >= 0.6 is 11.8 Å². The topological polar surface area (TPSA) is 127 Å². The normalized spacial score (nSPS) is 16.5. The number of aliphatic hydroxyl groups excluding tert-OH is 1. The quantitative estimate of drug-likeness (QED) is 0.273. The highest BCUT2D eigenvalue weighted by molar-refractivity contribution is 8.14. The molecule has 1 aromatic rings. The summed E-state index contributed by atoms with van der Waals surface area (Å²) in [4.78, 5) is 45.3. The van der Waals surface area contributed by atoms with Crippen LogP contribution in [-0.4, -0.2) is 49.9 Å². The summed E-state index contributed by atoms with van der Waals surface area (Å²) in [6.07, 6.45) is -1.74. The summed E-state index contributed by atoms with van der Waals surface area (Å²) in [5.74, 6) is -1.51. The van der Waals surface area contributed by atoms with E-state index in [1.807, 2.05) is 0 Å². The van der Waals surface area contributed by atoms with Crippen molar-refractivity contribution in [2.75, 3.05) is 6.54 Å². The van der Waals surface area contributed by atoms with E-state index in [1.54, 1.807) is 0 Å². The van der Waals surface area contributed by atoms with Crippen molar-refractivity contribution in [3.63, 3.8) is 0 Å². The number of esters is 1. The number of rotatable bonds is 6. The molecule has 2 unspecified atom stereocenters. The number of aliphatic hydroxyl groups is 1. The first-order valence-electron chi connectivity index (χ1n) is 8.92. The first kappa shape index (κ1) is 21.5. The van der Waals surface area contributed by atoms with Crippen molar-refractivity contribution in [3.8, 4) is 11.1 Å². The number of amides is 1. The molecule has 1 heterocycles. The van der Waals surface area contributed by atoms with Crippen LogP contribution in [0.1, 0.15) is 12.5 Å². The molecule has 1 fully saturated rings. The summed E-state index contributed by atoms with van der Waals surface area (Å²) in [6.45, 7) is 1.22. The van der Waals surface area contributed by atoms with Gasteiger partial charge in [-0.25, -0.2) is 4.79 Å². The van der Waals surface area contributed by atoms with Crippen molar-refractivity contribution in [3.05, 3.63) is 64.2 Å². The fourth-order valence-electron chi connectivity index (χ4n) is 2.66. The molecule has 0 radical (unpaired) electrons. The molecule has 1 aromatic carbocycles. The van der Waals surface area contributed by atoms with Gasteiger partial charge < -0.3 is 14.7 Å². The second kappa shape index (κ2) is 9.06. The van der Waals surface area contributed by atoms with Crippen LogP contribution in [0.2, 0.25) is 0 Å². The number of carbonyl (C=O) groups excluding carboxylic acids is 3. The molecule has 9 nitrogen and oxygen atoms in total. The molecule has 3 aliphatic rings. The minimum atomic E-state index is -1.74. The summed E-state index contributed by atoms with van der Waals surface area (Å²) in [6, 6.07) is 13.9. The van der Waals surface area contributed by atoms with Gasteiger partial charge >= 0.3 is 5.97 Å². The van der Waals surface area contributed by atoms with E-state index in [2.05, 4.69) is 24.3 Å². The van der Waals surface area contributed by atoms with Crippen molar-refractivity contribution in [1.82, 2.24) is 4.90 Å². The minimum Gasteiger partial charge on any atom is -0.457 e. The van der Waals surface area contributed by atoms with Gasteiger partial charge in [-0.05, 0) is 28.8 Å². The molecule has 0 aromatic heterocycles. The predicted octanol–water partition coefficient (Wildman–Crippen LogP) is 2.11. The number of benzene rings is 2. The summed E-state index contributed by atoms with van der Waals surface area (Å²) in [5, 5.41) is 19.5. The maximum atomic E-state index is 11.8. The molecule has 1 N–H and O–H groups in total. The maximum absolute atomic E-state index is 11.8. The first-order valence-corrected chi connectivity index (χ1v) is 9.80. The third kappa shape index (κ3) is 4.84. The lowest BCUT2D eigenvalue weighted by Gasteiger charge is -2.39. The second-order valence-corrected chi connectivity index (χ2v) is 7.95. The largest absolute Gasteiger partial charge is 0.457 e. The Kier molecular flexibility index (Phi) is 6.48. The maximum Gasteiger partial charge on any atom is 0.356 e. The number of fused-ring (bicyclic) bond motifs is 1. The number of carbonyl (C=O) groups is 3. The van der Waals surface area contributed by atoms with Gasteiger partial charge in [0.25, 0.3) is 5.69 Å². The third-order valence-corrected chi connectivity index (χ3v) is 5.45. The van der Waals surface area contributed by atoms with Crippen LogP contribution in [0.5, 0.6) is 0 Å². The van der Waals surface area contributed by atoms with E-state index < -0.39 is 28.3 Å². The molecule has 0 saturated carbocycles. The molecule has 4 rings (SSSR count). The van der Waals surface area contributed by atoms with Gasteiger partial charge in [-0.2, -0.15) is 0 Å². The lowest BCUT2D eigenvalue weighted by atomic mass is 9.95.